The van der Waals surface area contributed by atoms with Crippen LogP contribution in [0, 0.1) is 0 Å². The van der Waals surface area contributed by atoms with Gasteiger partial charge in [0, 0.05) is 38.6 Å². The summed E-state index contributed by atoms with van der Waals surface area (Å²) in [6, 6.07) is 6.74. The van der Waals surface area contributed by atoms with Gasteiger partial charge in [0.15, 0.2) is 11.5 Å². The second kappa shape index (κ2) is 15.3. The van der Waals surface area contributed by atoms with E-state index >= 15 is 0 Å². The fraction of sp³-hybridized carbons (Fsp3) is 0.516. The van der Waals surface area contributed by atoms with E-state index in [9.17, 15) is 14.4 Å². The van der Waals surface area contributed by atoms with Crippen molar-refractivity contribution in [3.63, 3.8) is 0 Å². The zero-order chi connectivity index (χ0) is 29.9. The maximum absolute atomic E-state index is 13.4. The van der Waals surface area contributed by atoms with Crippen molar-refractivity contribution < 1.29 is 28.5 Å². The second-order valence-corrected chi connectivity index (χ2v) is 10.2. The predicted molar refractivity (Wildman–Crippen MR) is 159 cm³/mol. The lowest BCUT2D eigenvalue weighted by molar-refractivity contribution is -0.121. The molecule has 224 valence electrons. The molecule has 41 heavy (non-hydrogen) atoms. The number of ether oxygens (including phenoxy) is 4. The average Bonchev–Trinajstić information content (AvgIpc) is 3.18. The van der Waals surface area contributed by atoms with E-state index < -0.39 is 0 Å². The quantitative estimate of drug-likeness (QED) is 0.292. The fourth-order valence-corrected chi connectivity index (χ4v) is 5.03. The summed E-state index contributed by atoms with van der Waals surface area (Å²) in [7, 11) is 4.69. The van der Waals surface area contributed by atoms with E-state index in [4.69, 9.17) is 18.9 Å². The molecule has 0 aromatic heterocycles. The number of aryl methyl sites for hydroxylation is 1. The van der Waals surface area contributed by atoms with Crippen LogP contribution in [0.2, 0.25) is 0 Å². The zero-order valence-electron chi connectivity index (χ0n) is 25.0. The molecular formula is C31H43N3O7. The van der Waals surface area contributed by atoms with Crippen LogP contribution in [0.3, 0.4) is 0 Å². The van der Waals surface area contributed by atoms with Crippen LogP contribution >= 0.6 is 0 Å². The van der Waals surface area contributed by atoms with E-state index in [1.807, 2.05) is 26.0 Å². The number of amides is 2. The normalized spacial score (nSPS) is 13.9. The molecule has 2 amide bonds. The molecule has 0 heterocycles. The Bertz CT molecular complexity index is 1280. The molecule has 0 aliphatic heterocycles. The van der Waals surface area contributed by atoms with Gasteiger partial charge in [-0.2, -0.15) is 0 Å². The molecule has 3 N–H and O–H groups in total. The number of benzene rings is 1. The molecule has 3 rings (SSSR count). The fourth-order valence-electron chi connectivity index (χ4n) is 5.03. The number of carbonyl (C=O) groups is 2. The van der Waals surface area contributed by atoms with E-state index in [2.05, 4.69) is 16.0 Å². The van der Waals surface area contributed by atoms with Gasteiger partial charge in [-0.15, -0.1) is 0 Å². The highest BCUT2D eigenvalue weighted by atomic mass is 16.5. The summed E-state index contributed by atoms with van der Waals surface area (Å²) in [5.41, 5.74) is 3.42. The summed E-state index contributed by atoms with van der Waals surface area (Å²) in [5, 5.41) is 9.10. The highest BCUT2D eigenvalue weighted by Gasteiger charge is 2.29. The smallest absolute Gasteiger partial charge is 0.220 e. The molecule has 0 saturated carbocycles. The van der Waals surface area contributed by atoms with Gasteiger partial charge < -0.3 is 34.9 Å². The largest absolute Gasteiger partial charge is 0.493 e. The molecule has 0 saturated heterocycles. The van der Waals surface area contributed by atoms with E-state index in [-0.39, 0.29) is 29.4 Å². The number of hydrogen-bond donors (Lipinski definition) is 3. The number of nitrogens with one attached hydrogen (secondary N) is 3. The summed E-state index contributed by atoms with van der Waals surface area (Å²) < 4.78 is 22.5. The van der Waals surface area contributed by atoms with E-state index in [1.54, 1.807) is 33.5 Å². The first kappa shape index (κ1) is 31.7. The van der Waals surface area contributed by atoms with Crippen LogP contribution in [-0.2, 0) is 20.7 Å². The Morgan fingerprint density at radius 3 is 2.41 bits per heavy atom. The third kappa shape index (κ3) is 8.36. The van der Waals surface area contributed by atoms with Crippen molar-refractivity contribution in [2.24, 2.45) is 0 Å². The molecule has 1 aliphatic rings. The highest BCUT2D eigenvalue weighted by Crippen LogP contribution is 2.50. The van der Waals surface area contributed by atoms with Crippen LogP contribution in [0.4, 0.5) is 5.69 Å². The SMILES string of the molecule is COc1cc2c(c(OC)c1OC)-c1ccc(NCCCC(=O)NCCCOC(C)C)c(=O)cc1[C@@H](NC(C)=O)CC2. The van der Waals surface area contributed by atoms with Gasteiger partial charge in [0.25, 0.3) is 0 Å². The van der Waals surface area contributed by atoms with Gasteiger partial charge in [-0.1, -0.05) is 6.07 Å². The molecule has 0 unspecified atom stereocenters. The minimum Gasteiger partial charge on any atom is -0.493 e. The van der Waals surface area contributed by atoms with Crippen molar-refractivity contribution in [3.05, 3.63) is 45.6 Å². The van der Waals surface area contributed by atoms with Crippen LogP contribution in [0.15, 0.2) is 29.1 Å². The van der Waals surface area contributed by atoms with Gasteiger partial charge in [-0.3, -0.25) is 14.4 Å². The number of hydrogen-bond acceptors (Lipinski definition) is 8. The summed E-state index contributed by atoms with van der Waals surface area (Å²) in [4.78, 5) is 37.6. The number of carbonyl (C=O) groups excluding carboxylic acids is 2. The maximum Gasteiger partial charge on any atom is 0.220 e. The first-order valence-corrected chi connectivity index (χ1v) is 14.1. The van der Waals surface area contributed by atoms with Crippen molar-refractivity contribution in [2.45, 2.75) is 65.0 Å². The molecule has 0 radical (unpaired) electrons. The molecule has 0 fully saturated rings. The van der Waals surface area contributed by atoms with Crippen molar-refractivity contribution in [1.82, 2.24) is 10.6 Å². The first-order chi connectivity index (χ1) is 19.7. The van der Waals surface area contributed by atoms with E-state index in [1.165, 1.54) is 6.92 Å². The molecule has 10 heteroatoms. The van der Waals surface area contributed by atoms with Gasteiger partial charge >= 0.3 is 0 Å². The Morgan fingerprint density at radius 1 is 1.00 bits per heavy atom. The van der Waals surface area contributed by atoms with Crippen molar-refractivity contribution in [1.29, 1.82) is 0 Å². The van der Waals surface area contributed by atoms with Crippen LogP contribution in [0.1, 0.15) is 63.6 Å². The van der Waals surface area contributed by atoms with Gasteiger partial charge in [0.05, 0.1) is 39.2 Å². The lowest BCUT2D eigenvalue weighted by Gasteiger charge is -2.19. The van der Waals surface area contributed by atoms with Crippen LogP contribution in [0.25, 0.3) is 11.1 Å². The van der Waals surface area contributed by atoms with Crippen LogP contribution in [-0.4, -0.2) is 58.9 Å². The Morgan fingerprint density at radius 2 is 1.76 bits per heavy atom. The summed E-state index contributed by atoms with van der Waals surface area (Å²) in [6.45, 7) is 7.06. The van der Waals surface area contributed by atoms with Gasteiger partial charge in [0.1, 0.15) is 0 Å². The first-order valence-electron chi connectivity index (χ1n) is 14.1. The summed E-state index contributed by atoms with van der Waals surface area (Å²) in [5.74, 6) is 1.28. The molecule has 0 spiro atoms. The molecule has 1 atom stereocenters. The number of fused-ring (bicyclic) bond motifs is 3. The van der Waals surface area contributed by atoms with Gasteiger partial charge in [-0.25, -0.2) is 0 Å². The van der Waals surface area contributed by atoms with Crippen molar-refractivity contribution >= 4 is 17.5 Å². The molecule has 1 aliphatic carbocycles. The Hall–Kier alpha value is -3.79. The lowest BCUT2D eigenvalue weighted by Crippen LogP contribution is -2.26. The minimum atomic E-state index is -0.376. The summed E-state index contributed by atoms with van der Waals surface area (Å²) in [6.07, 6.45) is 3.06. The van der Waals surface area contributed by atoms with Crippen molar-refractivity contribution in [3.8, 4) is 28.4 Å². The standard InChI is InChI=1S/C31H43N3O7/c1-19(2)41-16-8-15-33-28(37)9-7-14-32-25-13-11-22-23(18-26(25)36)24(34-20(3)35)12-10-21-17-27(38-4)30(39-5)31(40-6)29(21)22/h11,13,17-19,24H,7-10,12,14-16H2,1-6H3,(H,32,36)(H,33,37)(H,34,35)/t24-/m0/s1. The number of rotatable bonds is 14. The van der Waals surface area contributed by atoms with E-state index in [0.29, 0.717) is 73.9 Å². The number of methoxy groups -OCH3 is 3. The second-order valence-electron chi connectivity index (χ2n) is 10.2. The molecule has 0 bridgehead atoms. The predicted octanol–water partition coefficient (Wildman–Crippen LogP) is 3.99. The monoisotopic (exact) mass is 569 g/mol. The third-order valence-corrected chi connectivity index (χ3v) is 6.91. The minimum absolute atomic E-state index is 0.0322. The Kier molecular flexibility index (Phi) is 11.8. The maximum atomic E-state index is 13.4. The topological polar surface area (TPSA) is 124 Å². The number of anilines is 1. The van der Waals surface area contributed by atoms with Crippen LogP contribution < -0.4 is 35.6 Å². The lowest BCUT2D eigenvalue weighted by atomic mass is 9.95. The molecule has 10 nitrogen and oxygen atoms in total. The average molecular weight is 570 g/mol. The van der Waals surface area contributed by atoms with Crippen molar-refractivity contribution in [2.75, 3.05) is 46.3 Å². The molecular weight excluding hydrogens is 526 g/mol. The zero-order valence-corrected chi connectivity index (χ0v) is 25.0. The van der Waals surface area contributed by atoms with Gasteiger partial charge in [-0.05, 0) is 74.4 Å². The summed E-state index contributed by atoms with van der Waals surface area (Å²) >= 11 is 0. The van der Waals surface area contributed by atoms with E-state index in [0.717, 1.165) is 23.1 Å². The Labute approximate surface area is 242 Å². The molecule has 2 aromatic carbocycles. The van der Waals surface area contributed by atoms with Gasteiger partial charge in [0.2, 0.25) is 23.0 Å². The highest BCUT2D eigenvalue weighted by molar-refractivity contribution is 5.83. The Balaban J connectivity index is 1.85. The third-order valence-electron chi connectivity index (χ3n) is 6.91. The van der Waals surface area contributed by atoms with Crippen LogP contribution in [0.5, 0.6) is 17.2 Å². The molecule has 2 aromatic rings.